The first-order valence-corrected chi connectivity index (χ1v) is 8.23. The summed E-state index contributed by atoms with van der Waals surface area (Å²) in [5.74, 6) is -1.06. The van der Waals surface area contributed by atoms with E-state index in [0.717, 1.165) is 19.3 Å². The molecular formula is C16H31KN2O4. The SMILES string of the molecule is CCCCCCCC([O-])=NCCN(CC(C)O)C(C)C(=O)O.[K+]. The monoisotopic (exact) mass is 354 g/mol. The number of aliphatic hydroxyl groups is 1. The summed E-state index contributed by atoms with van der Waals surface area (Å²) in [7, 11) is 0. The predicted molar refractivity (Wildman–Crippen MR) is 86.0 cm³/mol. The molecule has 7 heteroatoms. The van der Waals surface area contributed by atoms with E-state index in [1.54, 1.807) is 18.7 Å². The molecular weight excluding hydrogens is 323 g/mol. The molecule has 0 aliphatic heterocycles. The van der Waals surface area contributed by atoms with Gasteiger partial charge in [-0.25, -0.2) is 0 Å². The number of aliphatic imine (C=N–C) groups is 1. The van der Waals surface area contributed by atoms with Crippen LogP contribution in [0, 0.1) is 0 Å². The first kappa shape index (κ1) is 25.7. The van der Waals surface area contributed by atoms with Gasteiger partial charge in [-0.05, 0) is 32.6 Å². The van der Waals surface area contributed by atoms with Gasteiger partial charge in [0.15, 0.2) is 0 Å². The molecule has 2 N–H and O–H groups in total. The molecule has 0 aromatic rings. The van der Waals surface area contributed by atoms with Crippen molar-refractivity contribution in [3.63, 3.8) is 0 Å². The van der Waals surface area contributed by atoms with Crippen molar-refractivity contribution in [2.75, 3.05) is 19.6 Å². The molecule has 0 heterocycles. The van der Waals surface area contributed by atoms with Crippen LogP contribution in [0.2, 0.25) is 0 Å². The first-order valence-electron chi connectivity index (χ1n) is 8.23. The van der Waals surface area contributed by atoms with E-state index < -0.39 is 18.1 Å². The molecule has 2 atom stereocenters. The van der Waals surface area contributed by atoms with Crippen LogP contribution in [-0.4, -0.2) is 58.8 Å². The normalized spacial score (nSPS) is 14.4. The first-order chi connectivity index (χ1) is 10.4. The Morgan fingerprint density at radius 2 is 1.83 bits per heavy atom. The molecule has 0 aliphatic carbocycles. The molecule has 0 bridgehead atoms. The third-order valence-electron chi connectivity index (χ3n) is 3.57. The van der Waals surface area contributed by atoms with E-state index in [-0.39, 0.29) is 70.4 Å². The van der Waals surface area contributed by atoms with E-state index in [4.69, 9.17) is 5.11 Å². The van der Waals surface area contributed by atoms with Crippen LogP contribution in [0.3, 0.4) is 0 Å². The van der Waals surface area contributed by atoms with Gasteiger partial charge < -0.3 is 20.3 Å². The Labute approximate surface area is 182 Å². The van der Waals surface area contributed by atoms with Crippen LogP contribution in [0.5, 0.6) is 0 Å². The van der Waals surface area contributed by atoms with Gasteiger partial charge in [-0.3, -0.25) is 9.69 Å². The van der Waals surface area contributed by atoms with E-state index in [9.17, 15) is 15.0 Å². The van der Waals surface area contributed by atoms with Crippen molar-refractivity contribution in [3.05, 3.63) is 0 Å². The number of rotatable bonds is 13. The van der Waals surface area contributed by atoms with Crippen molar-refractivity contribution in [2.24, 2.45) is 4.99 Å². The second kappa shape index (κ2) is 16.0. The summed E-state index contributed by atoms with van der Waals surface area (Å²) >= 11 is 0. The fourth-order valence-electron chi connectivity index (χ4n) is 2.20. The van der Waals surface area contributed by atoms with E-state index in [2.05, 4.69) is 11.9 Å². The third kappa shape index (κ3) is 14.5. The fraction of sp³-hybridized carbons (Fsp3) is 0.875. The van der Waals surface area contributed by atoms with Gasteiger partial charge in [0.1, 0.15) is 6.04 Å². The Morgan fingerprint density at radius 3 is 2.35 bits per heavy atom. The van der Waals surface area contributed by atoms with Crippen LogP contribution in [-0.2, 0) is 4.79 Å². The molecule has 0 radical (unpaired) electrons. The Bertz CT molecular complexity index is 338. The second-order valence-electron chi connectivity index (χ2n) is 5.80. The van der Waals surface area contributed by atoms with E-state index in [0.29, 0.717) is 13.0 Å². The molecule has 0 amide bonds. The third-order valence-corrected chi connectivity index (χ3v) is 3.57. The molecule has 6 nitrogen and oxygen atoms in total. The molecule has 0 fully saturated rings. The quantitative estimate of drug-likeness (QED) is 0.177. The summed E-state index contributed by atoms with van der Waals surface area (Å²) in [6.45, 7) is 6.23. The van der Waals surface area contributed by atoms with Gasteiger partial charge in [0.2, 0.25) is 0 Å². The number of hydrogen-bond acceptors (Lipinski definition) is 5. The summed E-state index contributed by atoms with van der Waals surface area (Å²) in [4.78, 5) is 16.6. The Morgan fingerprint density at radius 1 is 1.22 bits per heavy atom. The zero-order valence-corrected chi connectivity index (χ0v) is 18.2. The van der Waals surface area contributed by atoms with Gasteiger partial charge in [-0.1, -0.05) is 32.6 Å². The smallest absolute Gasteiger partial charge is 0.862 e. The molecule has 0 saturated carbocycles. The van der Waals surface area contributed by atoms with Gasteiger partial charge in [0.25, 0.3) is 0 Å². The van der Waals surface area contributed by atoms with Crippen LogP contribution in [0.1, 0.15) is 59.3 Å². The van der Waals surface area contributed by atoms with Crippen LogP contribution in [0.25, 0.3) is 0 Å². The summed E-state index contributed by atoms with van der Waals surface area (Å²) in [6, 6.07) is -0.700. The zero-order valence-electron chi connectivity index (χ0n) is 15.1. The number of aliphatic hydroxyl groups excluding tert-OH is 1. The van der Waals surface area contributed by atoms with Crippen LogP contribution in [0.4, 0.5) is 0 Å². The van der Waals surface area contributed by atoms with Crippen molar-refractivity contribution in [2.45, 2.75) is 71.4 Å². The van der Waals surface area contributed by atoms with Gasteiger partial charge in [-0.15, -0.1) is 0 Å². The number of carboxylic acid groups (broad SMARTS) is 1. The minimum Gasteiger partial charge on any atom is -0.862 e. The van der Waals surface area contributed by atoms with Crippen molar-refractivity contribution in [3.8, 4) is 0 Å². The molecule has 0 rings (SSSR count). The number of unbranched alkanes of at least 4 members (excludes halogenated alkanes) is 4. The van der Waals surface area contributed by atoms with Crippen molar-refractivity contribution >= 4 is 11.9 Å². The average molecular weight is 355 g/mol. The Kier molecular flexibility index (Phi) is 17.9. The largest absolute Gasteiger partial charge is 1.00 e. The molecule has 130 valence electrons. The van der Waals surface area contributed by atoms with Crippen LogP contribution >= 0.6 is 0 Å². The van der Waals surface area contributed by atoms with Gasteiger partial charge in [-0.2, -0.15) is 0 Å². The van der Waals surface area contributed by atoms with Crippen LogP contribution in [0.15, 0.2) is 4.99 Å². The topological polar surface area (TPSA) is 96.2 Å². The number of hydrogen-bond donors (Lipinski definition) is 2. The summed E-state index contributed by atoms with van der Waals surface area (Å²) < 4.78 is 0. The second-order valence-corrected chi connectivity index (χ2v) is 5.80. The fourth-order valence-corrected chi connectivity index (χ4v) is 2.20. The summed E-state index contributed by atoms with van der Waals surface area (Å²) in [6.07, 6.45) is 5.31. The van der Waals surface area contributed by atoms with E-state index in [1.807, 2.05) is 0 Å². The predicted octanol–water partition coefficient (Wildman–Crippen LogP) is -1.73. The molecule has 0 aliphatic rings. The summed E-state index contributed by atoms with van der Waals surface area (Å²) in [5.41, 5.74) is 0. The van der Waals surface area contributed by atoms with Crippen molar-refractivity contribution in [1.29, 1.82) is 0 Å². The maximum Gasteiger partial charge on any atom is 1.00 e. The van der Waals surface area contributed by atoms with Gasteiger partial charge in [0.05, 0.1) is 12.6 Å². The standard InChI is InChI=1S/C16H32N2O4.K/c1-4-5-6-7-8-9-15(20)17-10-11-18(12-13(2)19)14(3)16(21)22;/h13-14,19H,4-12H2,1-3H3,(H,17,20)(H,21,22);/q;+1/p-1. The number of carbonyl (C=O) groups is 1. The van der Waals surface area contributed by atoms with Gasteiger partial charge in [0, 0.05) is 13.1 Å². The van der Waals surface area contributed by atoms with Gasteiger partial charge >= 0.3 is 57.4 Å². The molecule has 0 saturated heterocycles. The van der Waals surface area contributed by atoms with Crippen molar-refractivity contribution < 1.29 is 71.5 Å². The molecule has 2 unspecified atom stereocenters. The maximum absolute atomic E-state index is 11.6. The van der Waals surface area contributed by atoms with Crippen molar-refractivity contribution in [1.82, 2.24) is 4.90 Å². The zero-order chi connectivity index (χ0) is 17.0. The molecule has 0 aromatic carbocycles. The number of carboxylic acids is 1. The molecule has 0 spiro atoms. The minimum absolute atomic E-state index is 0. The number of nitrogens with zero attached hydrogens (tertiary/aromatic N) is 2. The minimum atomic E-state index is -0.942. The van der Waals surface area contributed by atoms with E-state index >= 15 is 0 Å². The average Bonchev–Trinajstić information content (AvgIpc) is 2.44. The Balaban J connectivity index is 0. The maximum atomic E-state index is 11.6. The summed E-state index contributed by atoms with van der Waals surface area (Å²) in [5, 5.41) is 30.1. The Hall–Kier alpha value is 0.496. The molecule has 0 aromatic heterocycles. The van der Waals surface area contributed by atoms with Crippen LogP contribution < -0.4 is 56.5 Å². The molecule has 23 heavy (non-hydrogen) atoms. The number of aliphatic carboxylic acids is 1. The van der Waals surface area contributed by atoms with E-state index in [1.165, 1.54) is 12.8 Å².